The largest absolute Gasteiger partial charge is 0.497 e. The fourth-order valence-corrected chi connectivity index (χ4v) is 2.53. The van der Waals surface area contributed by atoms with Gasteiger partial charge in [-0.25, -0.2) is 0 Å². The van der Waals surface area contributed by atoms with E-state index >= 15 is 0 Å². The molecule has 1 heterocycles. The van der Waals surface area contributed by atoms with Gasteiger partial charge in [-0.2, -0.15) is 0 Å². The number of rotatable bonds is 3. The predicted molar refractivity (Wildman–Crippen MR) is 75.0 cm³/mol. The standard InChI is InChI=1S/C15H19NO4/c1-4-20-15(18)12-7-8-16(10(2)17)14-6-5-11(19-3)9-13(12)14/h5-6,9,12H,4,7-8H2,1-3H3. The van der Waals surface area contributed by atoms with E-state index in [1.54, 1.807) is 25.0 Å². The molecule has 0 saturated heterocycles. The molecule has 0 aliphatic carbocycles. The van der Waals surface area contributed by atoms with Crippen LogP contribution in [0.15, 0.2) is 18.2 Å². The summed E-state index contributed by atoms with van der Waals surface area (Å²) >= 11 is 0. The van der Waals surface area contributed by atoms with Crippen LogP contribution in [0.5, 0.6) is 5.75 Å². The highest BCUT2D eigenvalue weighted by molar-refractivity contribution is 5.95. The molecule has 5 nitrogen and oxygen atoms in total. The van der Waals surface area contributed by atoms with E-state index in [2.05, 4.69) is 0 Å². The molecule has 0 fully saturated rings. The van der Waals surface area contributed by atoms with Crippen molar-refractivity contribution in [3.05, 3.63) is 23.8 Å². The van der Waals surface area contributed by atoms with E-state index in [1.807, 2.05) is 12.1 Å². The monoisotopic (exact) mass is 277 g/mol. The molecule has 1 aromatic carbocycles. The number of benzene rings is 1. The normalized spacial score (nSPS) is 17.4. The summed E-state index contributed by atoms with van der Waals surface area (Å²) in [6.45, 7) is 4.19. The minimum Gasteiger partial charge on any atom is -0.497 e. The van der Waals surface area contributed by atoms with Gasteiger partial charge in [0.25, 0.3) is 0 Å². The molecule has 108 valence electrons. The fourth-order valence-electron chi connectivity index (χ4n) is 2.53. The Kier molecular flexibility index (Phi) is 4.27. The van der Waals surface area contributed by atoms with Crippen LogP contribution in [0.2, 0.25) is 0 Å². The van der Waals surface area contributed by atoms with E-state index in [9.17, 15) is 9.59 Å². The van der Waals surface area contributed by atoms with Crippen LogP contribution in [0.25, 0.3) is 0 Å². The van der Waals surface area contributed by atoms with Gasteiger partial charge in [0.15, 0.2) is 0 Å². The highest BCUT2D eigenvalue weighted by atomic mass is 16.5. The zero-order valence-corrected chi connectivity index (χ0v) is 12.0. The lowest BCUT2D eigenvalue weighted by molar-refractivity contribution is -0.145. The summed E-state index contributed by atoms with van der Waals surface area (Å²) in [7, 11) is 1.58. The van der Waals surface area contributed by atoms with Gasteiger partial charge in [-0.15, -0.1) is 0 Å². The maximum atomic E-state index is 12.1. The summed E-state index contributed by atoms with van der Waals surface area (Å²) in [5.74, 6) is 0.0584. The smallest absolute Gasteiger partial charge is 0.313 e. The number of methoxy groups -OCH3 is 1. The molecule has 2 rings (SSSR count). The third-order valence-corrected chi connectivity index (χ3v) is 3.49. The van der Waals surface area contributed by atoms with E-state index in [4.69, 9.17) is 9.47 Å². The molecule has 0 N–H and O–H groups in total. The maximum absolute atomic E-state index is 12.1. The van der Waals surface area contributed by atoms with Crippen molar-refractivity contribution >= 4 is 17.6 Å². The highest BCUT2D eigenvalue weighted by Crippen LogP contribution is 2.38. The van der Waals surface area contributed by atoms with Gasteiger partial charge in [-0.05, 0) is 37.1 Å². The molecule has 1 amide bonds. The van der Waals surface area contributed by atoms with Crippen molar-refractivity contribution in [3.8, 4) is 5.75 Å². The Morgan fingerprint density at radius 2 is 2.15 bits per heavy atom. The summed E-state index contributed by atoms with van der Waals surface area (Å²) in [4.78, 5) is 25.5. The quantitative estimate of drug-likeness (QED) is 0.794. The minimum absolute atomic E-state index is 0.0290. The lowest BCUT2D eigenvalue weighted by Crippen LogP contribution is -2.37. The molecule has 0 aromatic heterocycles. The highest BCUT2D eigenvalue weighted by Gasteiger charge is 2.32. The van der Waals surface area contributed by atoms with Crippen molar-refractivity contribution in [1.82, 2.24) is 0 Å². The molecule has 1 aromatic rings. The first-order valence-corrected chi connectivity index (χ1v) is 6.71. The third kappa shape index (κ3) is 2.61. The van der Waals surface area contributed by atoms with Gasteiger partial charge >= 0.3 is 5.97 Å². The number of hydrogen-bond donors (Lipinski definition) is 0. The van der Waals surface area contributed by atoms with Crippen LogP contribution in [-0.2, 0) is 14.3 Å². The number of carbonyl (C=O) groups is 2. The molecule has 1 unspecified atom stereocenters. The molecule has 0 saturated carbocycles. The molecular weight excluding hydrogens is 258 g/mol. The Morgan fingerprint density at radius 3 is 2.75 bits per heavy atom. The summed E-state index contributed by atoms with van der Waals surface area (Å²) in [6.07, 6.45) is 0.568. The van der Waals surface area contributed by atoms with Gasteiger partial charge in [0, 0.05) is 19.2 Å². The summed E-state index contributed by atoms with van der Waals surface area (Å²) < 4.78 is 10.3. The second kappa shape index (κ2) is 5.94. The molecule has 0 radical (unpaired) electrons. The van der Waals surface area contributed by atoms with Crippen LogP contribution in [-0.4, -0.2) is 32.1 Å². The summed E-state index contributed by atoms with van der Waals surface area (Å²) in [5.41, 5.74) is 1.56. The van der Waals surface area contributed by atoms with Crippen molar-refractivity contribution in [1.29, 1.82) is 0 Å². The fraction of sp³-hybridized carbons (Fsp3) is 0.467. The third-order valence-electron chi connectivity index (χ3n) is 3.49. The average molecular weight is 277 g/mol. The van der Waals surface area contributed by atoms with Crippen LogP contribution >= 0.6 is 0 Å². The number of nitrogens with zero attached hydrogens (tertiary/aromatic N) is 1. The van der Waals surface area contributed by atoms with E-state index in [0.29, 0.717) is 25.3 Å². The molecule has 0 spiro atoms. The first-order valence-electron chi connectivity index (χ1n) is 6.71. The van der Waals surface area contributed by atoms with Gasteiger partial charge < -0.3 is 14.4 Å². The maximum Gasteiger partial charge on any atom is 0.313 e. The molecule has 20 heavy (non-hydrogen) atoms. The lowest BCUT2D eigenvalue weighted by Gasteiger charge is -2.32. The van der Waals surface area contributed by atoms with Crippen LogP contribution in [0.3, 0.4) is 0 Å². The molecular formula is C15H19NO4. The van der Waals surface area contributed by atoms with E-state index in [0.717, 1.165) is 11.3 Å². The number of carbonyl (C=O) groups excluding carboxylic acids is 2. The zero-order valence-electron chi connectivity index (χ0n) is 12.0. The predicted octanol–water partition coefficient (Wildman–Crippen LogP) is 2.10. The van der Waals surface area contributed by atoms with Crippen LogP contribution in [0.1, 0.15) is 31.7 Å². The Bertz CT molecular complexity index is 527. The topological polar surface area (TPSA) is 55.8 Å². The van der Waals surface area contributed by atoms with Crippen LogP contribution < -0.4 is 9.64 Å². The SMILES string of the molecule is CCOC(=O)C1CCN(C(C)=O)c2ccc(OC)cc21. The molecule has 1 aliphatic rings. The van der Waals surface area contributed by atoms with Gasteiger partial charge in [-0.1, -0.05) is 0 Å². The zero-order chi connectivity index (χ0) is 14.7. The van der Waals surface area contributed by atoms with Gasteiger partial charge in [0.05, 0.1) is 19.6 Å². The molecule has 0 bridgehead atoms. The number of anilines is 1. The van der Waals surface area contributed by atoms with Crippen molar-refractivity contribution in [3.63, 3.8) is 0 Å². The average Bonchev–Trinajstić information content (AvgIpc) is 2.45. The van der Waals surface area contributed by atoms with Gasteiger partial charge in [0.2, 0.25) is 5.91 Å². The first-order chi connectivity index (χ1) is 9.58. The Morgan fingerprint density at radius 1 is 1.40 bits per heavy atom. The molecule has 5 heteroatoms. The minimum atomic E-state index is -0.337. The summed E-state index contributed by atoms with van der Waals surface area (Å²) in [6, 6.07) is 5.43. The number of hydrogen-bond acceptors (Lipinski definition) is 4. The van der Waals surface area contributed by atoms with Crippen LogP contribution in [0.4, 0.5) is 5.69 Å². The number of amides is 1. The second-order valence-electron chi connectivity index (χ2n) is 4.69. The Hall–Kier alpha value is -2.04. The van der Waals surface area contributed by atoms with Gasteiger partial charge in [0.1, 0.15) is 5.75 Å². The van der Waals surface area contributed by atoms with E-state index in [1.165, 1.54) is 6.92 Å². The van der Waals surface area contributed by atoms with Crippen LogP contribution in [0, 0.1) is 0 Å². The number of ether oxygens (including phenoxy) is 2. The second-order valence-corrected chi connectivity index (χ2v) is 4.69. The van der Waals surface area contributed by atoms with Crippen molar-refractivity contribution in [2.45, 2.75) is 26.2 Å². The first kappa shape index (κ1) is 14.4. The lowest BCUT2D eigenvalue weighted by atomic mass is 9.89. The van der Waals surface area contributed by atoms with Crippen molar-refractivity contribution in [2.24, 2.45) is 0 Å². The van der Waals surface area contributed by atoms with Crippen molar-refractivity contribution < 1.29 is 19.1 Å². The van der Waals surface area contributed by atoms with E-state index in [-0.39, 0.29) is 17.8 Å². The molecule has 1 aliphatic heterocycles. The Balaban J connectivity index is 2.44. The van der Waals surface area contributed by atoms with Crippen molar-refractivity contribution in [2.75, 3.05) is 25.2 Å². The van der Waals surface area contributed by atoms with E-state index < -0.39 is 0 Å². The number of fused-ring (bicyclic) bond motifs is 1. The molecule has 1 atom stereocenters. The number of esters is 1. The Labute approximate surface area is 118 Å². The summed E-state index contributed by atoms with van der Waals surface area (Å²) in [5, 5.41) is 0. The van der Waals surface area contributed by atoms with Gasteiger partial charge in [-0.3, -0.25) is 9.59 Å².